The van der Waals surface area contributed by atoms with E-state index in [-0.39, 0.29) is 22.9 Å². The number of halogens is 1. The molecule has 6 heteroatoms. The van der Waals surface area contributed by atoms with Crippen molar-refractivity contribution in [3.63, 3.8) is 0 Å². The maximum Gasteiger partial charge on any atom is 0.289 e. The molecular weight excluding hydrogens is 316 g/mol. The first-order valence-electron chi connectivity index (χ1n) is 7.49. The van der Waals surface area contributed by atoms with E-state index < -0.39 is 5.54 Å². The van der Waals surface area contributed by atoms with Gasteiger partial charge >= 0.3 is 0 Å². The van der Waals surface area contributed by atoms with Gasteiger partial charge in [0.25, 0.3) is 5.56 Å². The van der Waals surface area contributed by atoms with E-state index in [1.54, 1.807) is 12.1 Å². The lowest BCUT2D eigenvalue weighted by atomic mass is 10.1. The Hall–Kier alpha value is -1.85. The Balaban J connectivity index is 2.21. The molecule has 124 valence electrons. The van der Waals surface area contributed by atoms with E-state index in [0.717, 1.165) is 18.4 Å². The third-order valence-electron chi connectivity index (χ3n) is 3.30. The maximum atomic E-state index is 12.3. The van der Waals surface area contributed by atoms with Gasteiger partial charge in [0, 0.05) is 6.61 Å². The van der Waals surface area contributed by atoms with Crippen molar-refractivity contribution in [1.82, 2.24) is 9.78 Å². The molecule has 1 aromatic heterocycles. The predicted octanol–water partition coefficient (Wildman–Crippen LogP) is 3.37. The molecule has 1 N–H and O–H groups in total. The van der Waals surface area contributed by atoms with Crippen LogP contribution >= 0.6 is 11.6 Å². The second-order valence-corrected chi connectivity index (χ2v) is 6.66. The lowest BCUT2D eigenvalue weighted by Crippen LogP contribution is -2.36. The quantitative estimate of drug-likeness (QED) is 0.909. The number of rotatable bonds is 5. The Bertz CT molecular complexity index is 718. The summed E-state index contributed by atoms with van der Waals surface area (Å²) in [6.07, 6.45) is 2.98. The molecule has 0 aliphatic heterocycles. The summed E-state index contributed by atoms with van der Waals surface area (Å²) in [4.78, 5) is 12.3. The van der Waals surface area contributed by atoms with Crippen molar-refractivity contribution < 1.29 is 9.84 Å². The van der Waals surface area contributed by atoms with E-state index in [9.17, 15) is 4.79 Å². The van der Waals surface area contributed by atoms with E-state index in [2.05, 4.69) is 5.10 Å². The molecule has 5 nitrogen and oxygen atoms in total. The van der Waals surface area contributed by atoms with Crippen LogP contribution in [0.5, 0.6) is 11.5 Å². The molecule has 2 aromatic rings. The molecule has 0 saturated heterocycles. The third-order valence-corrected chi connectivity index (χ3v) is 3.64. The summed E-state index contributed by atoms with van der Waals surface area (Å²) in [5, 5.41) is 13.0. The van der Waals surface area contributed by atoms with Crippen LogP contribution < -0.4 is 10.3 Å². The summed E-state index contributed by atoms with van der Waals surface area (Å²) in [5.41, 5.74) is 0.281. The van der Waals surface area contributed by atoms with Crippen LogP contribution in [0.3, 0.4) is 0 Å². The zero-order valence-electron chi connectivity index (χ0n) is 13.5. The molecule has 1 aromatic carbocycles. The normalized spacial score (nSPS) is 11.5. The van der Waals surface area contributed by atoms with E-state index >= 15 is 0 Å². The topological polar surface area (TPSA) is 64.3 Å². The van der Waals surface area contributed by atoms with Crippen molar-refractivity contribution in [2.45, 2.75) is 39.2 Å². The Morgan fingerprint density at radius 1 is 1.26 bits per heavy atom. The minimum Gasteiger partial charge on any atom is -0.454 e. The number of aryl methyl sites for hydroxylation is 1. The minimum absolute atomic E-state index is 0.0132. The van der Waals surface area contributed by atoms with Gasteiger partial charge in [0.15, 0.2) is 10.8 Å². The summed E-state index contributed by atoms with van der Waals surface area (Å²) in [6, 6.07) is 7.45. The van der Waals surface area contributed by atoms with Gasteiger partial charge in [0.1, 0.15) is 5.75 Å². The number of aromatic nitrogens is 2. The summed E-state index contributed by atoms with van der Waals surface area (Å²) in [5.74, 6) is 0.814. The number of nitrogens with zero attached hydrogens (tertiary/aromatic N) is 2. The third kappa shape index (κ3) is 4.33. The molecule has 0 unspecified atom stereocenters. The molecule has 0 saturated carbocycles. The number of hydrogen-bond donors (Lipinski definition) is 1. The Morgan fingerprint density at radius 2 is 1.91 bits per heavy atom. The smallest absolute Gasteiger partial charge is 0.289 e. The molecule has 0 radical (unpaired) electrons. The van der Waals surface area contributed by atoms with E-state index in [0.29, 0.717) is 5.75 Å². The molecule has 0 amide bonds. The molecule has 0 fully saturated rings. The number of aliphatic hydroxyl groups excluding tert-OH is 1. The number of ether oxygens (including phenoxy) is 1. The summed E-state index contributed by atoms with van der Waals surface area (Å²) < 4.78 is 6.99. The minimum atomic E-state index is -0.451. The Labute approximate surface area is 140 Å². The van der Waals surface area contributed by atoms with Gasteiger partial charge in [-0.3, -0.25) is 4.79 Å². The van der Waals surface area contributed by atoms with Crippen molar-refractivity contribution in [1.29, 1.82) is 0 Å². The SMILES string of the molecule is CC(C)(C)n1ncc(Oc2ccc(CCCO)cc2)c(Cl)c1=O. The van der Waals surface area contributed by atoms with Crippen LogP contribution in [0.2, 0.25) is 5.02 Å². The largest absolute Gasteiger partial charge is 0.454 e. The zero-order chi connectivity index (χ0) is 17.0. The fraction of sp³-hybridized carbons (Fsp3) is 0.412. The van der Waals surface area contributed by atoms with E-state index in [4.69, 9.17) is 21.4 Å². The predicted molar refractivity (Wildman–Crippen MR) is 90.4 cm³/mol. The molecule has 0 aliphatic rings. The Morgan fingerprint density at radius 3 is 2.48 bits per heavy atom. The van der Waals surface area contributed by atoms with Crippen LogP contribution in [-0.4, -0.2) is 21.5 Å². The first-order valence-corrected chi connectivity index (χ1v) is 7.86. The molecule has 23 heavy (non-hydrogen) atoms. The van der Waals surface area contributed by atoms with Crippen molar-refractivity contribution in [3.8, 4) is 11.5 Å². The molecule has 2 rings (SSSR count). The highest BCUT2D eigenvalue weighted by molar-refractivity contribution is 6.31. The highest BCUT2D eigenvalue weighted by Crippen LogP contribution is 2.27. The standard InChI is InChI=1S/C17H21ClN2O3/c1-17(2,3)20-16(22)15(18)14(11-19-20)23-13-8-6-12(7-9-13)5-4-10-21/h6-9,11,21H,4-5,10H2,1-3H3. The van der Waals surface area contributed by atoms with Crippen LogP contribution in [0.1, 0.15) is 32.8 Å². The first-order chi connectivity index (χ1) is 10.8. The summed E-state index contributed by atoms with van der Waals surface area (Å²) in [6.45, 7) is 5.81. The zero-order valence-corrected chi connectivity index (χ0v) is 14.3. The second kappa shape index (κ2) is 7.15. The summed E-state index contributed by atoms with van der Waals surface area (Å²) in [7, 11) is 0. The van der Waals surface area contributed by atoms with Gasteiger partial charge in [-0.1, -0.05) is 23.7 Å². The summed E-state index contributed by atoms with van der Waals surface area (Å²) >= 11 is 6.13. The number of benzene rings is 1. The van der Waals surface area contributed by atoms with Crippen LogP contribution in [0.15, 0.2) is 35.3 Å². The monoisotopic (exact) mass is 336 g/mol. The average Bonchev–Trinajstić information content (AvgIpc) is 2.50. The molecule has 0 bridgehead atoms. The van der Waals surface area contributed by atoms with Gasteiger partial charge in [0.05, 0.1) is 11.7 Å². The molecule has 0 aliphatic carbocycles. The van der Waals surface area contributed by atoms with Crippen LogP contribution in [0, 0.1) is 0 Å². The van der Waals surface area contributed by atoms with Gasteiger partial charge < -0.3 is 9.84 Å². The highest BCUT2D eigenvalue weighted by atomic mass is 35.5. The van der Waals surface area contributed by atoms with Crippen molar-refractivity contribution in [3.05, 3.63) is 51.4 Å². The second-order valence-electron chi connectivity index (χ2n) is 6.28. The van der Waals surface area contributed by atoms with Gasteiger partial charge in [-0.25, -0.2) is 4.68 Å². The maximum absolute atomic E-state index is 12.3. The number of aliphatic hydroxyl groups is 1. The lowest BCUT2D eigenvalue weighted by Gasteiger charge is -2.21. The van der Waals surface area contributed by atoms with Gasteiger partial charge in [-0.2, -0.15) is 5.10 Å². The molecule has 0 spiro atoms. The van der Waals surface area contributed by atoms with E-state index in [1.165, 1.54) is 10.9 Å². The average molecular weight is 337 g/mol. The van der Waals surface area contributed by atoms with Gasteiger partial charge in [-0.15, -0.1) is 0 Å². The van der Waals surface area contributed by atoms with Gasteiger partial charge in [0.2, 0.25) is 0 Å². The fourth-order valence-electron chi connectivity index (χ4n) is 2.10. The molecule has 1 heterocycles. The van der Waals surface area contributed by atoms with Crippen molar-refractivity contribution in [2.24, 2.45) is 0 Å². The molecular formula is C17H21ClN2O3. The van der Waals surface area contributed by atoms with Crippen LogP contribution in [0.25, 0.3) is 0 Å². The number of hydrogen-bond acceptors (Lipinski definition) is 4. The lowest BCUT2D eigenvalue weighted by molar-refractivity contribution is 0.288. The first kappa shape index (κ1) is 17.5. The fourth-order valence-corrected chi connectivity index (χ4v) is 2.27. The van der Waals surface area contributed by atoms with E-state index in [1.807, 2.05) is 32.9 Å². The van der Waals surface area contributed by atoms with Crippen molar-refractivity contribution >= 4 is 11.6 Å². The molecule has 0 atom stereocenters. The van der Waals surface area contributed by atoms with Crippen LogP contribution in [-0.2, 0) is 12.0 Å². The Kier molecular flexibility index (Phi) is 5.44. The highest BCUT2D eigenvalue weighted by Gasteiger charge is 2.20. The van der Waals surface area contributed by atoms with Gasteiger partial charge in [-0.05, 0) is 51.3 Å². The van der Waals surface area contributed by atoms with Crippen LogP contribution in [0.4, 0.5) is 0 Å². The van der Waals surface area contributed by atoms with Crippen molar-refractivity contribution in [2.75, 3.05) is 6.61 Å².